The van der Waals surface area contributed by atoms with Crippen molar-refractivity contribution < 1.29 is 13.6 Å². The monoisotopic (exact) mass is 321 g/mol. The molecule has 23 heavy (non-hydrogen) atoms. The van der Waals surface area contributed by atoms with Crippen LogP contribution in [0.4, 0.5) is 14.5 Å². The van der Waals surface area contributed by atoms with Gasteiger partial charge in [0.2, 0.25) is 0 Å². The Balaban J connectivity index is 1.77. The number of alkyl halides is 2. The Labute approximate surface area is 134 Å². The molecule has 4 nitrogen and oxygen atoms in total. The highest BCUT2D eigenvalue weighted by atomic mass is 19.3. The van der Waals surface area contributed by atoms with Crippen LogP contribution in [-0.2, 0) is 12.0 Å². The van der Waals surface area contributed by atoms with Crippen molar-refractivity contribution >= 4 is 11.6 Å². The molecular weight excluding hydrogens is 300 g/mol. The Morgan fingerprint density at radius 1 is 1.39 bits per heavy atom. The maximum atomic E-state index is 12.5. The quantitative estimate of drug-likeness (QED) is 0.895. The van der Waals surface area contributed by atoms with E-state index < -0.39 is 13.0 Å². The van der Waals surface area contributed by atoms with Gasteiger partial charge in [-0.3, -0.25) is 4.79 Å². The number of hydrogen-bond acceptors (Lipinski definition) is 3. The Morgan fingerprint density at radius 3 is 2.91 bits per heavy atom. The molecule has 3 aliphatic rings. The second-order valence-electron chi connectivity index (χ2n) is 6.83. The normalized spacial score (nSPS) is 21.1. The van der Waals surface area contributed by atoms with Crippen LogP contribution in [0.3, 0.4) is 0 Å². The molecule has 2 aliphatic heterocycles. The third kappa shape index (κ3) is 2.31. The number of carbonyl (C=O) groups excluding carboxylic acids is 1. The lowest BCUT2D eigenvalue weighted by Gasteiger charge is -2.40. The molecular formula is C17H21F2N3O. The van der Waals surface area contributed by atoms with E-state index >= 15 is 0 Å². The minimum Gasteiger partial charge on any atom is -0.369 e. The van der Waals surface area contributed by atoms with Crippen LogP contribution < -0.4 is 15.5 Å². The number of hydrogen-bond donors (Lipinski definition) is 2. The van der Waals surface area contributed by atoms with Crippen molar-refractivity contribution in [3.63, 3.8) is 0 Å². The first kappa shape index (κ1) is 14.9. The van der Waals surface area contributed by atoms with Gasteiger partial charge in [0, 0.05) is 42.8 Å². The fraction of sp³-hybridized carbons (Fsp3) is 0.588. The fourth-order valence-corrected chi connectivity index (χ4v) is 4.29. The molecule has 0 radical (unpaired) electrons. The van der Waals surface area contributed by atoms with Gasteiger partial charge < -0.3 is 15.5 Å². The Bertz CT molecular complexity index is 643. The van der Waals surface area contributed by atoms with Crippen molar-refractivity contribution in [2.75, 3.05) is 31.1 Å². The molecule has 0 aromatic heterocycles. The molecule has 1 aromatic rings. The van der Waals surface area contributed by atoms with E-state index in [9.17, 15) is 13.6 Å². The van der Waals surface area contributed by atoms with E-state index in [4.69, 9.17) is 0 Å². The molecule has 6 heteroatoms. The van der Waals surface area contributed by atoms with Crippen molar-refractivity contribution in [2.24, 2.45) is 0 Å². The number of nitrogens with one attached hydrogen (secondary N) is 2. The molecule has 2 heterocycles. The molecule has 124 valence electrons. The SMILES string of the molecule is O=C(NCC(F)F)c1ccc2c3c1C1(CCC1)CN3CCNC2. The lowest BCUT2D eigenvalue weighted by atomic mass is 9.64. The van der Waals surface area contributed by atoms with Gasteiger partial charge in [-0.25, -0.2) is 8.78 Å². The number of benzene rings is 1. The molecule has 0 atom stereocenters. The first-order valence-electron chi connectivity index (χ1n) is 8.29. The van der Waals surface area contributed by atoms with Gasteiger partial charge >= 0.3 is 0 Å². The lowest BCUT2D eigenvalue weighted by molar-refractivity contribution is 0.0888. The van der Waals surface area contributed by atoms with Gasteiger partial charge in [-0.15, -0.1) is 0 Å². The predicted molar refractivity (Wildman–Crippen MR) is 84.2 cm³/mol. The summed E-state index contributed by atoms with van der Waals surface area (Å²) < 4.78 is 24.9. The summed E-state index contributed by atoms with van der Waals surface area (Å²) in [6.45, 7) is 3.03. The van der Waals surface area contributed by atoms with E-state index in [2.05, 4.69) is 15.5 Å². The van der Waals surface area contributed by atoms with Crippen LogP contribution in [-0.4, -0.2) is 38.5 Å². The van der Waals surface area contributed by atoms with Gasteiger partial charge in [0.1, 0.15) is 0 Å². The smallest absolute Gasteiger partial charge is 0.255 e. The number of fused-ring (bicyclic) bond motifs is 1. The topological polar surface area (TPSA) is 44.4 Å². The molecule has 4 rings (SSSR count). The number of halogens is 2. The number of amides is 1. The summed E-state index contributed by atoms with van der Waals surface area (Å²) in [4.78, 5) is 14.9. The second kappa shape index (κ2) is 5.44. The molecule has 1 saturated carbocycles. The molecule has 1 aliphatic carbocycles. The zero-order valence-corrected chi connectivity index (χ0v) is 13.0. The number of rotatable bonds is 3. The molecule has 1 fully saturated rings. The molecule has 2 N–H and O–H groups in total. The summed E-state index contributed by atoms with van der Waals surface area (Å²) in [5, 5.41) is 5.78. The summed E-state index contributed by atoms with van der Waals surface area (Å²) in [7, 11) is 0. The molecule has 1 aromatic carbocycles. The van der Waals surface area contributed by atoms with E-state index in [0.717, 1.165) is 44.6 Å². The largest absolute Gasteiger partial charge is 0.369 e. The van der Waals surface area contributed by atoms with E-state index in [1.807, 2.05) is 12.1 Å². The zero-order chi connectivity index (χ0) is 16.0. The first-order chi connectivity index (χ1) is 11.1. The van der Waals surface area contributed by atoms with Crippen molar-refractivity contribution in [1.29, 1.82) is 0 Å². The molecule has 0 saturated heterocycles. The number of nitrogens with zero attached hydrogens (tertiary/aromatic N) is 1. The number of anilines is 1. The third-order valence-electron chi connectivity index (χ3n) is 5.45. The molecule has 0 unspecified atom stereocenters. The lowest BCUT2D eigenvalue weighted by Crippen LogP contribution is -2.42. The first-order valence-corrected chi connectivity index (χ1v) is 8.29. The third-order valence-corrected chi connectivity index (χ3v) is 5.45. The van der Waals surface area contributed by atoms with Crippen LogP contribution in [0.5, 0.6) is 0 Å². The summed E-state index contributed by atoms with van der Waals surface area (Å²) in [5.41, 5.74) is 4.15. The average Bonchev–Trinajstić information content (AvgIpc) is 2.72. The van der Waals surface area contributed by atoms with Crippen molar-refractivity contribution in [3.8, 4) is 0 Å². The Kier molecular flexibility index (Phi) is 3.52. The number of carbonyl (C=O) groups is 1. The van der Waals surface area contributed by atoms with E-state index in [0.29, 0.717) is 5.56 Å². The highest BCUT2D eigenvalue weighted by molar-refractivity contribution is 5.99. The highest BCUT2D eigenvalue weighted by Gasteiger charge is 2.49. The van der Waals surface area contributed by atoms with E-state index in [-0.39, 0.29) is 11.3 Å². The standard InChI is InChI=1S/C17H21F2N3O/c18-13(19)9-21-16(23)12-3-2-11-8-20-6-7-22-10-17(4-1-5-17)14(12)15(11)22/h2-3,13,20H,1,4-10H2,(H,21,23). The van der Waals surface area contributed by atoms with Crippen LogP contribution in [0.25, 0.3) is 0 Å². The van der Waals surface area contributed by atoms with Gasteiger partial charge in [-0.1, -0.05) is 12.5 Å². The summed E-state index contributed by atoms with van der Waals surface area (Å²) in [6, 6.07) is 3.80. The molecule has 1 amide bonds. The Hall–Kier alpha value is -1.69. The summed E-state index contributed by atoms with van der Waals surface area (Å²) in [5.74, 6) is -0.367. The summed E-state index contributed by atoms with van der Waals surface area (Å²) >= 11 is 0. The van der Waals surface area contributed by atoms with Gasteiger partial charge in [0.15, 0.2) is 0 Å². The van der Waals surface area contributed by atoms with Crippen LogP contribution in [0.15, 0.2) is 12.1 Å². The summed E-state index contributed by atoms with van der Waals surface area (Å²) in [6.07, 6.45) is 0.825. The van der Waals surface area contributed by atoms with Crippen LogP contribution in [0.1, 0.15) is 40.7 Å². The van der Waals surface area contributed by atoms with E-state index in [1.54, 1.807) is 0 Å². The van der Waals surface area contributed by atoms with E-state index in [1.165, 1.54) is 17.7 Å². The minimum atomic E-state index is -2.52. The van der Waals surface area contributed by atoms with Crippen molar-refractivity contribution in [2.45, 2.75) is 37.6 Å². The van der Waals surface area contributed by atoms with Gasteiger partial charge in [-0.2, -0.15) is 0 Å². The van der Waals surface area contributed by atoms with Crippen LogP contribution in [0, 0.1) is 0 Å². The highest BCUT2D eigenvalue weighted by Crippen LogP contribution is 2.55. The van der Waals surface area contributed by atoms with Gasteiger partial charge in [0.05, 0.1) is 6.54 Å². The minimum absolute atomic E-state index is 0.0557. The van der Waals surface area contributed by atoms with Crippen molar-refractivity contribution in [1.82, 2.24) is 10.6 Å². The van der Waals surface area contributed by atoms with Crippen molar-refractivity contribution in [3.05, 3.63) is 28.8 Å². The maximum Gasteiger partial charge on any atom is 0.255 e. The fourth-order valence-electron chi connectivity index (χ4n) is 4.29. The maximum absolute atomic E-state index is 12.5. The Morgan fingerprint density at radius 2 is 2.22 bits per heavy atom. The average molecular weight is 321 g/mol. The van der Waals surface area contributed by atoms with Crippen LogP contribution >= 0.6 is 0 Å². The van der Waals surface area contributed by atoms with Gasteiger partial charge in [-0.05, 0) is 30.0 Å². The molecule has 0 bridgehead atoms. The molecule has 1 spiro atoms. The van der Waals surface area contributed by atoms with Gasteiger partial charge in [0.25, 0.3) is 12.3 Å². The van der Waals surface area contributed by atoms with Crippen LogP contribution in [0.2, 0.25) is 0 Å². The predicted octanol–water partition coefficient (Wildman–Crippen LogP) is 2.03. The second-order valence-corrected chi connectivity index (χ2v) is 6.83. The zero-order valence-electron chi connectivity index (χ0n) is 13.0.